The Bertz CT molecular complexity index is 1290. The van der Waals surface area contributed by atoms with E-state index in [4.69, 9.17) is 9.47 Å². The summed E-state index contributed by atoms with van der Waals surface area (Å²) in [6, 6.07) is 27.6. The lowest BCUT2D eigenvalue weighted by molar-refractivity contribution is 0.298. The Hall–Kier alpha value is -4.26. The van der Waals surface area contributed by atoms with Gasteiger partial charge in [-0.05, 0) is 52.4 Å². The topological polar surface area (TPSA) is 85.8 Å². The number of hydrogen-bond donors (Lipinski definition) is 1. The minimum Gasteiger partial charge on any atom is -0.488 e. The van der Waals surface area contributed by atoms with Crippen LogP contribution in [-0.4, -0.2) is 25.6 Å². The second-order valence-electron chi connectivity index (χ2n) is 6.96. The Labute approximate surface area is 178 Å². The second-order valence-corrected chi connectivity index (χ2v) is 6.96. The molecule has 0 spiro atoms. The van der Waals surface area contributed by atoms with Crippen LogP contribution in [0.1, 0.15) is 11.3 Å². The summed E-state index contributed by atoms with van der Waals surface area (Å²) in [5, 5.41) is 15.1. The number of pyridine rings is 1. The standard InChI is InChI=1S/C24H19N5O2/c1-3-7-22-18(5-1)11-12-19(25-22)16-30-20-13-9-17(10-14-20)15-31-23-8-4-2-6-21(23)24-26-28-29-27-24/h1-14H,15-16H2,(H,26,27,28,29). The molecule has 3 aromatic carbocycles. The Balaban J connectivity index is 1.21. The molecule has 2 heterocycles. The van der Waals surface area contributed by atoms with Gasteiger partial charge in [-0.1, -0.05) is 48.5 Å². The van der Waals surface area contributed by atoms with E-state index in [1.54, 1.807) is 0 Å². The fourth-order valence-corrected chi connectivity index (χ4v) is 3.25. The van der Waals surface area contributed by atoms with Crippen LogP contribution < -0.4 is 9.47 Å². The van der Waals surface area contributed by atoms with Crippen molar-refractivity contribution in [3.05, 3.63) is 96.2 Å². The number of fused-ring (bicyclic) bond motifs is 1. The van der Waals surface area contributed by atoms with Crippen LogP contribution in [0.15, 0.2) is 84.9 Å². The molecule has 7 nitrogen and oxygen atoms in total. The molecule has 0 atom stereocenters. The summed E-state index contributed by atoms with van der Waals surface area (Å²) >= 11 is 0. The van der Waals surface area contributed by atoms with Crippen molar-refractivity contribution in [2.45, 2.75) is 13.2 Å². The fraction of sp³-hybridized carbons (Fsp3) is 0.0833. The number of para-hydroxylation sites is 2. The number of benzene rings is 3. The summed E-state index contributed by atoms with van der Waals surface area (Å²) < 4.78 is 11.9. The lowest BCUT2D eigenvalue weighted by Gasteiger charge is -2.11. The summed E-state index contributed by atoms with van der Waals surface area (Å²) in [5.41, 5.74) is 3.71. The number of hydrogen-bond acceptors (Lipinski definition) is 6. The molecule has 5 rings (SSSR count). The summed E-state index contributed by atoms with van der Waals surface area (Å²) in [6.07, 6.45) is 0. The van der Waals surface area contributed by atoms with Crippen molar-refractivity contribution in [3.63, 3.8) is 0 Å². The van der Waals surface area contributed by atoms with Crippen molar-refractivity contribution in [2.75, 3.05) is 0 Å². The van der Waals surface area contributed by atoms with Crippen molar-refractivity contribution in [1.29, 1.82) is 0 Å². The number of tetrazole rings is 1. The highest BCUT2D eigenvalue weighted by Crippen LogP contribution is 2.27. The van der Waals surface area contributed by atoms with Gasteiger partial charge in [0, 0.05) is 5.39 Å². The lowest BCUT2D eigenvalue weighted by atomic mass is 10.2. The molecule has 0 fully saturated rings. The quantitative estimate of drug-likeness (QED) is 0.424. The minimum atomic E-state index is 0.416. The molecule has 7 heteroatoms. The first-order valence-electron chi connectivity index (χ1n) is 9.87. The average Bonchev–Trinajstić information content (AvgIpc) is 3.37. The van der Waals surface area contributed by atoms with Gasteiger partial charge in [-0.2, -0.15) is 0 Å². The monoisotopic (exact) mass is 409 g/mol. The van der Waals surface area contributed by atoms with Gasteiger partial charge in [0.1, 0.15) is 24.7 Å². The number of nitrogens with one attached hydrogen (secondary N) is 1. The second kappa shape index (κ2) is 8.62. The van der Waals surface area contributed by atoms with E-state index >= 15 is 0 Å². The molecule has 0 aliphatic carbocycles. The van der Waals surface area contributed by atoms with Crippen LogP contribution in [0.5, 0.6) is 11.5 Å². The van der Waals surface area contributed by atoms with E-state index in [9.17, 15) is 0 Å². The number of aromatic amines is 1. The van der Waals surface area contributed by atoms with Crippen molar-refractivity contribution in [3.8, 4) is 22.9 Å². The molecule has 0 aliphatic heterocycles. The van der Waals surface area contributed by atoms with E-state index in [2.05, 4.69) is 37.7 Å². The van der Waals surface area contributed by atoms with Crippen LogP contribution >= 0.6 is 0 Å². The first-order valence-corrected chi connectivity index (χ1v) is 9.87. The first kappa shape index (κ1) is 18.7. The Kier molecular flexibility index (Phi) is 5.22. The van der Waals surface area contributed by atoms with Crippen LogP contribution in [0.2, 0.25) is 0 Å². The van der Waals surface area contributed by atoms with Crippen LogP contribution in [0, 0.1) is 0 Å². The van der Waals surface area contributed by atoms with Crippen LogP contribution in [-0.2, 0) is 13.2 Å². The zero-order valence-corrected chi connectivity index (χ0v) is 16.6. The summed E-state index contributed by atoms with van der Waals surface area (Å²) in [6.45, 7) is 0.838. The van der Waals surface area contributed by atoms with Gasteiger partial charge in [0.05, 0.1) is 16.8 Å². The third-order valence-electron chi connectivity index (χ3n) is 4.85. The highest BCUT2D eigenvalue weighted by Gasteiger charge is 2.09. The van der Waals surface area contributed by atoms with Crippen molar-refractivity contribution >= 4 is 10.9 Å². The Morgan fingerprint density at radius 2 is 1.58 bits per heavy atom. The molecule has 2 aromatic heterocycles. The largest absolute Gasteiger partial charge is 0.488 e. The van der Waals surface area contributed by atoms with Crippen molar-refractivity contribution in [1.82, 2.24) is 25.6 Å². The molecule has 152 valence electrons. The predicted molar refractivity (Wildman–Crippen MR) is 116 cm³/mol. The Morgan fingerprint density at radius 3 is 2.45 bits per heavy atom. The molecular formula is C24H19N5O2. The lowest BCUT2D eigenvalue weighted by Crippen LogP contribution is -2.00. The molecular weight excluding hydrogens is 390 g/mol. The molecule has 0 bridgehead atoms. The molecule has 5 aromatic rings. The third-order valence-corrected chi connectivity index (χ3v) is 4.85. The number of H-pyrrole nitrogens is 1. The van der Waals surface area contributed by atoms with Crippen LogP contribution in [0.25, 0.3) is 22.3 Å². The SMILES string of the molecule is c1ccc(-c2nnn[nH]2)c(OCc2ccc(OCc3ccc4ccccc4n3)cc2)c1. The summed E-state index contributed by atoms with van der Waals surface area (Å²) in [4.78, 5) is 4.64. The smallest absolute Gasteiger partial charge is 0.183 e. The van der Waals surface area contributed by atoms with Gasteiger partial charge in [0.25, 0.3) is 0 Å². The van der Waals surface area contributed by atoms with Gasteiger partial charge in [0.15, 0.2) is 5.82 Å². The van der Waals surface area contributed by atoms with Crippen molar-refractivity contribution < 1.29 is 9.47 Å². The van der Waals surface area contributed by atoms with Gasteiger partial charge in [-0.25, -0.2) is 10.1 Å². The third kappa shape index (κ3) is 4.35. The normalized spacial score (nSPS) is 10.8. The Morgan fingerprint density at radius 1 is 0.742 bits per heavy atom. The number of nitrogens with zero attached hydrogens (tertiary/aromatic N) is 4. The van der Waals surface area contributed by atoms with Crippen LogP contribution in [0.4, 0.5) is 0 Å². The predicted octanol–water partition coefficient (Wildman–Crippen LogP) is 4.57. The highest BCUT2D eigenvalue weighted by atomic mass is 16.5. The molecule has 1 N–H and O–H groups in total. The molecule has 31 heavy (non-hydrogen) atoms. The maximum Gasteiger partial charge on any atom is 0.183 e. The first-order chi connectivity index (χ1) is 15.3. The van der Waals surface area contributed by atoms with E-state index in [1.807, 2.05) is 72.8 Å². The van der Waals surface area contributed by atoms with E-state index < -0.39 is 0 Å². The minimum absolute atomic E-state index is 0.416. The zero-order chi connectivity index (χ0) is 20.9. The van der Waals surface area contributed by atoms with E-state index in [0.717, 1.165) is 33.5 Å². The van der Waals surface area contributed by atoms with Gasteiger partial charge in [-0.15, -0.1) is 5.10 Å². The van der Waals surface area contributed by atoms with E-state index in [1.165, 1.54) is 0 Å². The van der Waals surface area contributed by atoms with E-state index in [0.29, 0.717) is 24.8 Å². The maximum absolute atomic E-state index is 5.99. The number of ether oxygens (including phenoxy) is 2. The number of aromatic nitrogens is 5. The summed E-state index contributed by atoms with van der Waals surface area (Å²) in [5.74, 6) is 2.07. The molecule has 0 amide bonds. The molecule has 0 unspecified atom stereocenters. The summed E-state index contributed by atoms with van der Waals surface area (Å²) in [7, 11) is 0. The zero-order valence-electron chi connectivity index (χ0n) is 16.6. The van der Waals surface area contributed by atoms with Gasteiger partial charge in [-0.3, -0.25) is 0 Å². The molecule has 0 radical (unpaired) electrons. The molecule has 0 aliphatic rings. The average molecular weight is 409 g/mol. The van der Waals surface area contributed by atoms with E-state index in [-0.39, 0.29) is 0 Å². The molecule has 0 saturated heterocycles. The van der Waals surface area contributed by atoms with Gasteiger partial charge >= 0.3 is 0 Å². The number of rotatable bonds is 7. The van der Waals surface area contributed by atoms with Gasteiger partial charge < -0.3 is 9.47 Å². The maximum atomic E-state index is 5.99. The van der Waals surface area contributed by atoms with Crippen molar-refractivity contribution in [2.24, 2.45) is 0 Å². The highest BCUT2D eigenvalue weighted by molar-refractivity contribution is 5.78. The van der Waals surface area contributed by atoms with Gasteiger partial charge in [0.2, 0.25) is 0 Å². The molecule has 0 saturated carbocycles. The van der Waals surface area contributed by atoms with Crippen LogP contribution in [0.3, 0.4) is 0 Å². The fourth-order valence-electron chi connectivity index (χ4n) is 3.25.